The molecule has 0 saturated carbocycles. The van der Waals surface area contributed by atoms with Gasteiger partial charge in [0.1, 0.15) is 0 Å². The molecular weight excluding hydrogens is 242 g/mol. The molecule has 0 saturated heterocycles. The molecule has 0 aliphatic carbocycles. The zero-order valence-corrected chi connectivity index (χ0v) is 10.8. The molecule has 100 valence electrons. The molecule has 0 spiro atoms. The van der Waals surface area contributed by atoms with Crippen LogP contribution in [-0.4, -0.2) is 34.9 Å². The van der Waals surface area contributed by atoms with Crippen LogP contribution in [0.15, 0.2) is 36.5 Å². The predicted molar refractivity (Wildman–Crippen MR) is 71.6 cm³/mol. The monoisotopic (exact) mass is 262 g/mol. The third kappa shape index (κ3) is 2.82. The highest BCUT2D eigenvalue weighted by Crippen LogP contribution is 2.12. The highest BCUT2D eigenvalue weighted by atomic mass is 16.7. The van der Waals surface area contributed by atoms with Crippen molar-refractivity contribution in [2.24, 2.45) is 0 Å². The Hall–Kier alpha value is -2.14. The molecule has 0 unspecified atom stereocenters. The Kier molecular flexibility index (Phi) is 2.91. The SMILES string of the molecule is [2H]C([2H])([2H])c1c(C(=O)N(C)OC)cnn1Cc1ccccc1. The van der Waals surface area contributed by atoms with Gasteiger partial charge in [0.25, 0.3) is 5.91 Å². The number of hydrogen-bond donors (Lipinski definition) is 0. The van der Waals surface area contributed by atoms with Crippen LogP contribution in [0.2, 0.25) is 0 Å². The van der Waals surface area contributed by atoms with Crippen LogP contribution < -0.4 is 0 Å². The summed E-state index contributed by atoms with van der Waals surface area (Å²) in [6.45, 7) is -2.18. The van der Waals surface area contributed by atoms with Gasteiger partial charge in [-0.2, -0.15) is 5.10 Å². The second-order valence-corrected chi connectivity index (χ2v) is 4.04. The molecule has 0 radical (unpaired) electrons. The first-order chi connectivity index (χ1) is 10.3. The van der Waals surface area contributed by atoms with Crippen molar-refractivity contribution in [3.05, 3.63) is 53.3 Å². The lowest BCUT2D eigenvalue weighted by molar-refractivity contribution is -0.0757. The summed E-state index contributed by atoms with van der Waals surface area (Å²) in [6, 6.07) is 9.33. The van der Waals surface area contributed by atoms with Crippen molar-refractivity contribution in [2.45, 2.75) is 13.4 Å². The Bertz CT molecular complexity index is 653. The van der Waals surface area contributed by atoms with Crippen LogP contribution in [0.1, 0.15) is 25.7 Å². The highest BCUT2D eigenvalue weighted by molar-refractivity contribution is 5.94. The summed E-state index contributed by atoms with van der Waals surface area (Å²) in [6.07, 6.45) is 1.27. The summed E-state index contributed by atoms with van der Waals surface area (Å²) in [5.41, 5.74) is 0.820. The second kappa shape index (κ2) is 5.67. The van der Waals surface area contributed by atoms with Gasteiger partial charge in [-0.15, -0.1) is 0 Å². The number of rotatable bonds is 4. The van der Waals surface area contributed by atoms with Crippen molar-refractivity contribution in [3.8, 4) is 0 Å². The average molecular weight is 262 g/mol. The summed E-state index contributed by atoms with van der Waals surface area (Å²) in [4.78, 5) is 17.0. The zero-order chi connectivity index (χ0) is 16.3. The van der Waals surface area contributed by atoms with Crippen LogP contribution in [0, 0.1) is 6.85 Å². The smallest absolute Gasteiger partial charge is 0.274 e. The molecule has 2 rings (SSSR count). The maximum absolute atomic E-state index is 12.2. The molecule has 0 atom stereocenters. The summed E-state index contributed by atoms with van der Waals surface area (Å²) >= 11 is 0. The Balaban J connectivity index is 2.44. The molecule has 1 amide bonds. The quantitative estimate of drug-likeness (QED) is 0.790. The van der Waals surface area contributed by atoms with Gasteiger partial charge in [0.2, 0.25) is 0 Å². The fourth-order valence-corrected chi connectivity index (χ4v) is 1.67. The molecule has 5 heteroatoms. The topological polar surface area (TPSA) is 47.4 Å². The van der Waals surface area contributed by atoms with E-state index in [0.29, 0.717) is 0 Å². The minimum atomic E-state index is -2.45. The van der Waals surface area contributed by atoms with Gasteiger partial charge in [-0.1, -0.05) is 30.3 Å². The molecule has 5 nitrogen and oxygen atoms in total. The van der Waals surface area contributed by atoms with Crippen LogP contribution in [0.4, 0.5) is 0 Å². The van der Waals surface area contributed by atoms with Crippen molar-refractivity contribution in [1.82, 2.24) is 14.8 Å². The molecule has 2 aromatic rings. The third-order valence-electron chi connectivity index (χ3n) is 2.80. The number of hydroxylamine groups is 2. The number of amides is 1. The summed E-state index contributed by atoms with van der Waals surface area (Å²) in [5, 5.41) is 5.04. The van der Waals surface area contributed by atoms with Gasteiger partial charge >= 0.3 is 0 Å². The van der Waals surface area contributed by atoms with E-state index in [4.69, 9.17) is 8.95 Å². The number of carbonyl (C=O) groups excluding carboxylic acids is 1. The molecule has 1 aromatic carbocycles. The first-order valence-corrected chi connectivity index (χ1v) is 5.77. The van der Waals surface area contributed by atoms with E-state index in [2.05, 4.69) is 5.10 Å². The van der Waals surface area contributed by atoms with E-state index in [-0.39, 0.29) is 17.8 Å². The van der Waals surface area contributed by atoms with Crippen molar-refractivity contribution < 1.29 is 13.7 Å². The minimum Gasteiger partial charge on any atom is -0.274 e. The maximum Gasteiger partial charge on any atom is 0.280 e. The Labute approximate surface area is 116 Å². The lowest BCUT2D eigenvalue weighted by Crippen LogP contribution is -2.25. The van der Waals surface area contributed by atoms with Crippen molar-refractivity contribution in [1.29, 1.82) is 0 Å². The number of nitrogens with zero attached hydrogens (tertiary/aromatic N) is 3. The zero-order valence-electron chi connectivity index (χ0n) is 13.8. The molecule has 0 bridgehead atoms. The lowest BCUT2D eigenvalue weighted by atomic mass is 10.2. The normalized spacial score (nSPS) is 13.5. The van der Waals surface area contributed by atoms with Crippen molar-refractivity contribution in [3.63, 3.8) is 0 Å². The molecule has 0 aliphatic heterocycles. The van der Waals surface area contributed by atoms with Crippen molar-refractivity contribution >= 4 is 5.91 Å². The van der Waals surface area contributed by atoms with Crippen LogP contribution in [0.25, 0.3) is 0 Å². The Morgan fingerprint density at radius 2 is 2.21 bits per heavy atom. The van der Waals surface area contributed by atoms with Crippen molar-refractivity contribution in [2.75, 3.05) is 14.2 Å². The van der Waals surface area contributed by atoms with E-state index in [1.807, 2.05) is 30.3 Å². The van der Waals surface area contributed by atoms with Gasteiger partial charge in [0.05, 0.1) is 25.4 Å². The van der Waals surface area contributed by atoms with E-state index >= 15 is 0 Å². The molecule has 1 heterocycles. The van der Waals surface area contributed by atoms with E-state index in [9.17, 15) is 4.79 Å². The standard InChI is InChI=1S/C14H17N3O2/c1-11-13(14(18)16(2)19-3)9-15-17(11)10-12-7-5-4-6-8-12/h4-9H,10H2,1-3H3/i1D3. The first kappa shape index (κ1) is 9.75. The molecule has 0 fully saturated rings. The van der Waals surface area contributed by atoms with Crippen LogP contribution in [0.5, 0.6) is 0 Å². The predicted octanol–water partition coefficient (Wildman–Crippen LogP) is 1.87. The summed E-state index contributed by atoms with van der Waals surface area (Å²) in [5.74, 6) is -0.548. The van der Waals surface area contributed by atoms with Gasteiger partial charge in [-0.3, -0.25) is 14.3 Å². The third-order valence-corrected chi connectivity index (χ3v) is 2.80. The molecule has 1 aromatic heterocycles. The number of hydrogen-bond acceptors (Lipinski definition) is 3. The summed E-state index contributed by atoms with van der Waals surface area (Å²) in [7, 11) is 2.75. The van der Waals surface area contributed by atoms with E-state index < -0.39 is 12.8 Å². The summed E-state index contributed by atoms with van der Waals surface area (Å²) < 4.78 is 24.4. The fourth-order valence-electron chi connectivity index (χ4n) is 1.67. The van der Waals surface area contributed by atoms with Crippen LogP contribution in [-0.2, 0) is 11.4 Å². The minimum absolute atomic E-state index is 0.0141. The maximum atomic E-state index is 12.2. The lowest BCUT2D eigenvalue weighted by Gasteiger charge is -2.13. The number of carbonyl (C=O) groups is 1. The van der Waals surface area contributed by atoms with Gasteiger partial charge in [-0.05, 0) is 12.4 Å². The highest BCUT2D eigenvalue weighted by Gasteiger charge is 2.17. The average Bonchev–Trinajstić information content (AvgIpc) is 2.90. The number of benzene rings is 1. The van der Waals surface area contributed by atoms with E-state index in [1.165, 1.54) is 25.0 Å². The molecule has 19 heavy (non-hydrogen) atoms. The van der Waals surface area contributed by atoms with Gasteiger partial charge in [-0.25, -0.2) is 5.06 Å². The van der Waals surface area contributed by atoms with Crippen LogP contribution in [0.3, 0.4) is 0 Å². The largest absolute Gasteiger partial charge is 0.280 e. The van der Waals surface area contributed by atoms with Crippen LogP contribution >= 0.6 is 0 Å². The Morgan fingerprint density at radius 3 is 2.84 bits per heavy atom. The second-order valence-electron chi connectivity index (χ2n) is 4.04. The first-order valence-electron chi connectivity index (χ1n) is 7.27. The van der Waals surface area contributed by atoms with Gasteiger partial charge in [0, 0.05) is 16.9 Å². The van der Waals surface area contributed by atoms with E-state index in [1.54, 1.807) is 0 Å². The fraction of sp³-hybridized carbons (Fsp3) is 0.286. The van der Waals surface area contributed by atoms with E-state index in [0.717, 1.165) is 10.6 Å². The molecule has 0 N–H and O–H groups in total. The Morgan fingerprint density at radius 1 is 1.47 bits per heavy atom. The molecule has 0 aliphatic rings. The van der Waals surface area contributed by atoms with Gasteiger partial charge in [0.15, 0.2) is 0 Å². The molecular formula is C14H17N3O2. The number of aromatic nitrogens is 2. The van der Waals surface area contributed by atoms with Gasteiger partial charge < -0.3 is 0 Å².